The molecule has 3 N–H and O–H groups in total. The van der Waals surface area contributed by atoms with Crippen molar-refractivity contribution in [2.24, 2.45) is 0 Å². The van der Waals surface area contributed by atoms with Gasteiger partial charge in [0, 0.05) is 16.7 Å². The monoisotopic (exact) mass is 411 g/mol. The van der Waals surface area contributed by atoms with Crippen LogP contribution in [0.3, 0.4) is 0 Å². The second kappa shape index (κ2) is 8.01. The van der Waals surface area contributed by atoms with Crippen molar-refractivity contribution in [1.29, 1.82) is 0 Å². The number of benzene rings is 2. The Kier molecular flexibility index (Phi) is 5.53. The van der Waals surface area contributed by atoms with E-state index in [0.29, 0.717) is 17.9 Å². The normalized spacial score (nSPS) is 10.4. The number of carbonyl (C=O) groups is 1. The quantitative estimate of drug-likeness (QED) is 0.649. The number of carbonyl (C=O) groups excluding carboxylic acids is 1. The fourth-order valence-corrected chi connectivity index (χ4v) is 2.67. The van der Waals surface area contributed by atoms with Gasteiger partial charge in [0.05, 0.1) is 5.56 Å². The second-order valence-electron chi connectivity index (χ2n) is 5.77. The minimum Gasteiger partial charge on any atom is -0.457 e. The molecule has 6 heteroatoms. The number of hydrogen-bond donors (Lipinski definition) is 2. The summed E-state index contributed by atoms with van der Waals surface area (Å²) < 4.78 is 6.83. The van der Waals surface area contributed by atoms with Crippen LogP contribution in [0.5, 0.6) is 11.5 Å². The summed E-state index contributed by atoms with van der Waals surface area (Å²) in [5, 5.41) is 2.85. The van der Waals surface area contributed by atoms with Gasteiger partial charge in [-0.15, -0.1) is 0 Å². The molecule has 0 saturated carbocycles. The van der Waals surface area contributed by atoms with Gasteiger partial charge < -0.3 is 15.8 Å². The third-order valence-electron chi connectivity index (χ3n) is 3.71. The molecule has 0 fully saturated rings. The zero-order valence-electron chi connectivity index (χ0n) is 14.2. The standard InChI is InChI=1S/C20H18BrN3O2/c1-13-5-10-18(19(22)24-13)20(25)23-12-14-3-2-4-17(11-14)26-16-8-6-15(21)7-9-16/h2-11H,12H2,1H3,(H2,22,24)(H,23,25). The average molecular weight is 412 g/mol. The number of rotatable bonds is 5. The number of pyridine rings is 1. The van der Waals surface area contributed by atoms with E-state index in [1.165, 1.54) is 0 Å². The maximum Gasteiger partial charge on any atom is 0.255 e. The van der Waals surface area contributed by atoms with Crippen LogP contribution in [0.15, 0.2) is 65.1 Å². The number of nitrogens with zero attached hydrogens (tertiary/aromatic N) is 1. The number of nitrogen functional groups attached to an aromatic ring is 1. The van der Waals surface area contributed by atoms with Crippen molar-refractivity contribution in [3.8, 4) is 11.5 Å². The van der Waals surface area contributed by atoms with Crippen LogP contribution < -0.4 is 15.8 Å². The molecule has 0 saturated heterocycles. The minimum atomic E-state index is -0.255. The minimum absolute atomic E-state index is 0.231. The lowest BCUT2D eigenvalue weighted by atomic mass is 10.2. The Morgan fingerprint density at radius 2 is 1.88 bits per heavy atom. The van der Waals surface area contributed by atoms with Crippen molar-refractivity contribution in [1.82, 2.24) is 10.3 Å². The summed E-state index contributed by atoms with van der Waals surface area (Å²) >= 11 is 3.40. The molecule has 0 atom stereocenters. The molecule has 1 aromatic heterocycles. The molecule has 0 spiro atoms. The molecule has 3 rings (SSSR count). The molecule has 0 aliphatic rings. The first kappa shape index (κ1) is 17.9. The number of hydrogen-bond acceptors (Lipinski definition) is 4. The van der Waals surface area contributed by atoms with Gasteiger partial charge in [-0.2, -0.15) is 0 Å². The van der Waals surface area contributed by atoms with E-state index in [9.17, 15) is 4.79 Å². The van der Waals surface area contributed by atoms with E-state index in [4.69, 9.17) is 10.5 Å². The molecule has 0 aliphatic carbocycles. The van der Waals surface area contributed by atoms with Gasteiger partial charge in [-0.05, 0) is 61.0 Å². The Morgan fingerprint density at radius 1 is 1.12 bits per heavy atom. The molecule has 132 valence electrons. The van der Waals surface area contributed by atoms with Gasteiger partial charge in [0.2, 0.25) is 0 Å². The summed E-state index contributed by atoms with van der Waals surface area (Å²) in [4.78, 5) is 16.4. The zero-order valence-corrected chi connectivity index (χ0v) is 15.8. The fraction of sp³-hybridized carbons (Fsp3) is 0.100. The van der Waals surface area contributed by atoms with Crippen molar-refractivity contribution in [2.75, 3.05) is 5.73 Å². The highest BCUT2D eigenvalue weighted by atomic mass is 79.9. The number of halogens is 1. The summed E-state index contributed by atoms with van der Waals surface area (Å²) in [5.41, 5.74) is 7.89. The largest absolute Gasteiger partial charge is 0.457 e. The lowest BCUT2D eigenvalue weighted by molar-refractivity contribution is 0.0951. The summed E-state index contributed by atoms with van der Waals surface area (Å²) in [7, 11) is 0. The molecular weight excluding hydrogens is 394 g/mol. The van der Waals surface area contributed by atoms with E-state index in [1.54, 1.807) is 12.1 Å². The predicted octanol–water partition coefficient (Wildman–Crippen LogP) is 4.46. The number of anilines is 1. The van der Waals surface area contributed by atoms with Crippen LogP contribution in [0, 0.1) is 6.92 Å². The first-order chi connectivity index (χ1) is 12.5. The topological polar surface area (TPSA) is 77.2 Å². The summed E-state index contributed by atoms with van der Waals surface area (Å²) in [6.45, 7) is 2.19. The van der Waals surface area contributed by atoms with E-state index in [-0.39, 0.29) is 11.7 Å². The van der Waals surface area contributed by atoms with Gasteiger partial charge in [0.1, 0.15) is 17.3 Å². The summed E-state index contributed by atoms with van der Waals surface area (Å²) in [6.07, 6.45) is 0. The third-order valence-corrected chi connectivity index (χ3v) is 4.24. The molecule has 1 amide bonds. The van der Waals surface area contributed by atoms with Gasteiger partial charge in [0.25, 0.3) is 5.91 Å². The van der Waals surface area contributed by atoms with E-state index >= 15 is 0 Å². The second-order valence-corrected chi connectivity index (χ2v) is 6.69. The fourth-order valence-electron chi connectivity index (χ4n) is 2.40. The molecule has 2 aromatic carbocycles. The van der Waals surface area contributed by atoms with Crippen molar-refractivity contribution in [3.63, 3.8) is 0 Å². The van der Waals surface area contributed by atoms with Crippen molar-refractivity contribution >= 4 is 27.7 Å². The van der Waals surface area contributed by atoms with Crippen LogP contribution in [-0.4, -0.2) is 10.9 Å². The highest BCUT2D eigenvalue weighted by Gasteiger charge is 2.10. The van der Waals surface area contributed by atoms with Crippen molar-refractivity contribution < 1.29 is 9.53 Å². The van der Waals surface area contributed by atoms with Crippen LogP contribution in [0.25, 0.3) is 0 Å². The first-order valence-corrected chi connectivity index (χ1v) is 8.84. The van der Waals surface area contributed by atoms with Gasteiger partial charge in [-0.3, -0.25) is 4.79 Å². The average Bonchev–Trinajstić information content (AvgIpc) is 2.62. The molecule has 0 aliphatic heterocycles. The Morgan fingerprint density at radius 3 is 2.62 bits per heavy atom. The smallest absolute Gasteiger partial charge is 0.255 e. The Labute approximate surface area is 160 Å². The Hall–Kier alpha value is -2.86. The Balaban J connectivity index is 1.65. The maximum atomic E-state index is 12.3. The molecule has 0 unspecified atom stereocenters. The Bertz CT molecular complexity index is 927. The molecule has 0 radical (unpaired) electrons. The highest BCUT2D eigenvalue weighted by Crippen LogP contribution is 2.24. The number of amides is 1. The van der Waals surface area contributed by atoms with Gasteiger partial charge in [-0.1, -0.05) is 28.1 Å². The number of nitrogens with one attached hydrogen (secondary N) is 1. The van der Waals surface area contributed by atoms with Crippen LogP contribution in [0.4, 0.5) is 5.82 Å². The van der Waals surface area contributed by atoms with E-state index in [0.717, 1.165) is 21.5 Å². The molecule has 0 bridgehead atoms. The highest BCUT2D eigenvalue weighted by molar-refractivity contribution is 9.10. The first-order valence-electron chi connectivity index (χ1n) is 8.05. The molecule has 5 nitrogen and oxygen atoms in total. The lowest BCUT2D eigenvalue weighted by Gasteiger charge is -2.10. The summed E-state index contributed by atoms with van der Waals surface area (Å²) in [6, 6.07) is 18.6. The molecular formula is C20H18BrN3O2. The lowest BCUT2D eigenvalue weighted by Crippen LogP contribution is -2.24. The predicted molar refractivity (Wildman–Crippen MR) is 105 cm³/mol. The number of aromatic nitrogens is 1. The van der Waals surface area contributed by atoms with Gasteiger partial charge in [0.15, 0.2) is 0 Å². The number of ether oxygens (including phenoxy) is 1. The van der Waals surface area contributed by atoms with Crippen molar-refractivity contribution in [2.45, 2.75) is 13.5 Å². The van der Waals surface area contributed by atoms with Crippen LogP contribution in [0.2, 0.25) is 0 Å². The number of nitrogens with two attached hydrogens (primary N) is 1. The van der Waals surface area contributed by atoms with Crippen LogP contribution in [0.1, 0.15) is 21.6 Å². The summed E-state index contributed by atoms with van der Waals surface area (Å²) in [5.74, 6) is 1.42. The zero-order chi connectivity index (χ0) is 18.5. The van der Waals surface area contributed by atoms with Crippen molar-refractivity contribution in [3.05, 3.63) is 82.0 Å². The molecule has 1 heterocycles. The van der Waals surface area contributed by atoms with Gasteiger partial charge in [-0.25, -0.2) is 4.98 Å². The van der Waals surface area contributed by atoms with E-state index in [1.807, 2.05) is 55.5 Å². The van der Waals surface area contributed by atoms with E-state index < -0.39 is 0 Å². The maximum absolute atomic E-state index is 12.3. The van der Waals surface area contributed by atoms with Crippen LogP contribution >= 0.6 is 15.9 Å². The SMILES string of the molecule is Cc1ccc(C(=O)NCc2cccc(Oc3ccc(Br)cc3)c2)c(N)n1. The van der Waals surface area contributed by atoms with E-state index in [2.05, 4.69) is 26.2 Å². The molecule has 3 aromatic rings. The molecule has 26 heavy (non-hydrogen) atoms. The number of aryl methyl sites for hydroxylation is 1. The van der Waals surface area contributed by atoms with Crippen LogP contribution in [-0.2, 0) is 6.54 Å². The third kappa shape index (κ3) is 4.61. The van der Waals surface area contributed by atoms with Gasteiger partial charge >= 0.3 is 0 Å².